The van der Waals surface area contributed by atoms with Crippen molar-refractivity contribution in [2.45, 2.75) is 38.3 Å². The topological polar surface area (TPSA) is 29.9 Å². The van der Waals surface area contributed by atoms with Crippen LogP contribution in [0.2, 0.25) is 5.02 Å². The molecule has 1 saturated heterocycles. The number of aromatic nitrogens is 2. The molecule has 1 atom stereocenters. The quantitative estimate of drug-likeness (QED) is 0.855. The highest BCUT2D eigenvalue weighted by Gasteiger charge is 2.14. The lowest BCUT2D eigenvalue weighted by atomic mass is 10.1. The molecule has 5 heteroatoms. The van der Waals surface area contributed by atoms with Gasteiger partial charge in [-0.25, -0.2) is 0 Å². The monoisotopic (exact) mass is 296 g/mol. The first-order chi connectivity index (χ1) is 9.24. The van der Waals surface area contributed by atoms with Crippen molar-refractivity contribution in [2.24, 2.45) is 0 Å². The van der Waals surface area contributed by atoms with Gasteiger partial charge in [-0.3, -0.25) is 0 Å². The largest absolute Gasteiger partial charge is 0.378 e. The average Bonchev–Trinajstić information content (AvgIpc) is 2.72. The summed E-state index contributed by atoms with van der Waals surface area (Å²) in [4.78, 5) is 3.21. The molecule has 19 heavy (non-hydrogen) atoms. The lowest BCUT2D eigenvalue weighted by Crippen LogP contribution is -2.20. The Balaban J connectivity index is 1.80. The van der Waals surface area contributed by atoms with E-state index < -0.39 is 0 Å². The van der Waals surface area contributed by atoms with Gasteiger partial charge in [0, 0.05) is 18.2 Å². The summed E-state index contributed by atoms with van der Waals surface area (Å²) in [6.45, 7) is 1.80. The predicted octanol–water partition coefficient (Wildman–Crippen LogP) is 4.31. The van der Waals surface area contributed by atoms with E-state index >= 15 is 0 Å². The number of aromatic amines is 1. The smallest absolute Gasteiger partial charge is 0.178 e. The number of hydrogen-bond acceptors (Lipinski definition) is 2. The second-order valence-corrected chi connectivity index (χ2v) is 5.84. The Morgan fingerprint density at radius 2 is 2.32 bits per heavy atom. The second kappa shape index (κ2) is 5.65. The molecule has 1 aromatic heterocycles. The maximum atomic E-state index is 6.00. The van der Waals surface area contributed by atoms with E-state index in [2.05, 4.69) is 9.55 Å². The summed E-state index contributed by atoms with van der Waals surface area (Å²) >= 11 is 11.4. The Kier molecular flexibility index (Phi) is 3.91. The summed E-state index contributed by atoms with van der Waals surface area (Å²) in [5, 5.41) is 0.728. The molecule has 102 valence electrons. The fraction of sp³-hybridized carbons (Fsp3) is 0.500. The van der Waals surface area contributed by atoms with E-state index in [9.17, 15) is 0 Å². The van der Waals surface area contributed by atoms with Gasteiger partial charge in [0.15, 0.2) is 4.77 Å². The molecule has 1 aliphatic heterocycles. The molecule has 0 bridgehead atoms. The number of fused-ring (bicyclic) bond motifs is 1. The van der Waals surface area contributed by atoms with Crippen LogP contribution in [-0.4, -0.2) is 22.3 Å². The van der Waals surface area contributed by atoms with Gasteiger partial charge in [0.1, 0.15) is 0 Å². The number of H-pyrrole nitrogens is 1. The molecule has 1 aliphatic rings. The zero-order valence-corrected chi connectivity index (χ0v) is 12.3. The van der Waals surface area contributed by atoms with Crippen LogP contribution in [0.4, 0.5) is 0 Å². The molecule has 1 aromatic carbocycles. The number of imidazole rings is 1. The number of benzene rings is 1. The summed E-state index contributed by atoms with van der Waals surface area (Å²) in [6.07, 6.45) is 5.04. The zero-order valence-electron chi connectivity index (χ0n) is 10.7. The van der Waals surface area contributed by atoms with Crippen molar-refractivity contribution in [3.63, 3.8) is 0 Å². The van der Waals surface area contributed by atoms with Crippen LogP contribution in [0.5, 0.6) is 0 Å². The van der Waals surface area contributed by atoms with E-state index in [1.165, 1.54) is 19.3 Å². The van der Waals surface area contributed by atoms with Crippen LogP contribution in [0.25, 0.3) is 11.0 Å². The van der Waals surface area contributed by atoms with Crippen LogP contribution >= 0.6 is 23.8 Å². The number of aryl methyl sites for hydroxylation is 1. The van der Waals surface area contributed by atoms with Gasteiger partial charge in [0.25, 0.3) is 0 Å². The minimum absolute atomic E-state index is 0.382. The van der Waals surface area contributed by atoms with Gasteiger partial charge in [0.2, 0.25) is 0 Å². The molecule has 3 nitrogen and oxygen atoms in total. The molecule has 3 rings (SSSR count). The number of nitrogens with zero attached hydrogens (tertiary/aromatic N) is 1. The van der Waals surface area contributed by atoms with Crippen LogP contribution < -0.4 is 0 Å². The van der Waals surface area contributed by atoms with Crippen LogP contribution in [0.15, 0.2) is 18.2 Å². The van der Waals surface area contributed by atoms with E-state index in [4.69, 9.17) is 28.6 Å². The Morgan fingerprint density at radius 1 is 1.42 bits per heavy atom. The summed E-state index contributed by atoms with van der Waals surface area (Å²) in [5.74, 6) is 0. The predicted molar refractivity (Wildman–Crippen MR) is 80.3 cm³/mol. The van der Waals surface area contributed by atoms with Gasteiger partial charge >= 0.3 is 0 Å². The molecule has 0 spiro atoms. The number of hydrogen-bond donors (Lipinski definition) is 1. The number of nitrogens with one attached hydrogen (secondary N) is 1. The number of halogens is 1. The minimum Gasteiger partial charge on any atom is -0.378 e. The van der Waals surface area contributed by atoms with E-state index in [1.807, 2.05) is 18.2 Å². The van der Waals surface area contributed by atoms with Crippen LogP contribution in [-0.2, 0) is 11.3 Å². The molecule has 0 amide bonds. The summed E-state index contributed by atoms with van der Waals surface area (Å²) < 4.78 is 8.66. The van der Waals surface area contributed by atoms with Gasteiger partial charge in [-0.15, -0.1) is 0 Å². The van der Waals surface area contributed by atoms with E-state index in [1.54, 1.807) is 0 Å². The lowest BCUT2D eigenvalue weighted by molar-refractivity contribution is 0.00892. The van der Waals surface area contributed by atoms with Crippen LogP contribution in [0, 0.1) is 4.77 Å². The standard InChI is InChI=1S/C14H17ClN2OS/c15-10-4-5-13-12(9-10)16-14(19)17(13)7-6-11-3-1-2-8-18-11/h4-5,9,11H,1-3,6-8H2,(H,16,19). The fourth-order valence-corrected chi connectivity index (χ4v) is 3.14. The highest BCUT2D eigenvalue weighted by atomic mass is 35.5. The van der Waals surface area contributed by atoms with Gasteiger partial charge in [0.05, 0.1) is 17.1 Å². The molecule has 0 aliphatic carbocycles. The van der Waals surface area contributed by atoms with Crippen LogP contribution in [0.1, 0.15) is 25.7 Å². The highest BCUT2D eigenvalue weighted by Crippen LogP contribution is 2.21. The average molecular weight is 297 g/mol. The van der Waals surface area contributed by atoms with Crippen LogP contribution in [0.3, 0.4) is 0 Å². The zero-order chi connectivity index (χ0) is 13.2. The minimum atomic E-state index is 0.382. The molecule has 1 N–H and O–H groups in total. The Hall–Kier alpha value is -0.840. The van der Waals surface area contributed by atoms with E-state index in [0.29, 0.717) is 6.10 Å². The summed E-state index contributed by atoms with van der Waals surface area (Å²) in [5.41, 5.74) is 2.12. The SMILES string of the molecule is S=c1[nH]c2cc(Cl)ccc2n1CCC1CCCCO1. The lowest BCUT2D eigenvalue weighted by Gasteiger charge is -2.22. The molecule has 2 aromatic rings. The normalized spacial score (nSPS) is 19.9. The maximum Gasteiger partial charge on any atom is 0.178 e. The highest BCUT2D eigenvalue weighted by molar-refractivity contribution is 7.71. The van der Waals surface area contributed by atoms with Gasteiger partial charge in [-0.1, -0.05) is 11.6 Å². The fourth-order valence-electron chi connectivity index (χ4n) is 2.67. The van der Waals surface area contributed by atoms with Gasteiger partial charge in [-0.2, -0.15) is 0 Å². The van der Waals surface area contributed by atoms with Gasteiger partial charge < -0.3 is 14.3 Å². The second-order valence-electron chi connectivity index (χ2n) is 5.02. The summed E-state index contributed by atoms with van der Waals surface area (Å²) in [7, 11) is 0. The third-order valence-corrected chi connectivity index (χ3v) is 4.24. The third kappa shape index (κ3) is 2.86. The summed E-state index contributed by atoms with van der Waals surface area (Å²) in [6, 6.07) is 5.84. The molecule has 1 fully saturated rings. The molecule has 0 saturated carbocycles. The van der Waals surface area contributed by atoms with Crippen molar-refractivity contribution in [3.05, 3.63) is 28.0 Å². The van der Waals surface area contributed by atoms with Crippen molar-refractivity contribution in [1.29, 1.82) is 0 Å². The molecule has 1 unspecified atom stereocenters. The Bertz CT molecular complexity index is 628. The van der Waals surface area contributed by atoms with Crippen molar-refractivity contribution in [1.82, 2.24) is 9.55 Å². The number of ether oxygens (including phenoxy) is 1. The number of rotatable bonds is 3. The Labute approximate surface area is 122 Å². The first-order valence-corrected chi connectivity index (χ1v) is 7.52. The molecule has 0 radical (unpaired) electrons. The first-order valence-electron chi connectivity index (χ1n) is 6.74. The van der Waals surface area contributed by atoms with Crippen molar-refractivity contribution >= 4 is 34.9 Å². The first kappa shape index (κ1) is 13.2. The van der Waals surface area contributed by atoms with Crippen molar-refractivity contribution < 1.29 is 4.74 Å². The van der Waals surface area contributed by atoms with E-state index in [-0.39, 0.29) is 0 Å². The van der Waals surface area contributed by atoms with Crippen molar-refractivity contribution in [2.75, 3.05) is 6.61 Å². The molecule has 2 heterocycles. The van der Waals surface area contributed by atoms with Gasteiger partial charge in [-0.05, 0) is 56.1 Å². The Morgan fingerprint density at radius 3 is 3.11 bits per heavy atom. The van der Waals surface area contributed by atoms with E-state index in [0.717, 1.165) is 40.4 Å². The molecular formula is C14H17ClN2OS. The molecular weight excluding hydrogens is 280 g/mol. The van der Waals surface area contributed by atoms with Crippen molar-refractivity contribution in [3.8, 4) is 0 Å². The maximum absolute atomic E-state index is 6.00. The third-order valence-electron chi connectivity index (χ3n) is 3.68.